The van der Waals surface area contributed by atoms with Crippen LogP contribution in [-0.4, -0.2) is 25.3 Å². The summed E-state index contributed by atoms with van der Waals surface area (Å²) in [5, 5.41) is 0. The number of unbranched alkanes of at least 4 members (excludes halogenated alkanes) is 2. The average Bonchev–Trinajstić information content (AvgIpc) is 2.37. The zero-order valence-corrected chi connectivity index (χ0v) is 13.7. The summed E-state index contributed by atoms with van der Waals surface area (Å²) in [4.78, 5) is 0.328. The highest BCUT2D eigenvalue weighted by Gasteiger charge is 2.26. The van der Waals surface area contributed by atoms with Gasteiger partial charge in [0, 0.05) is 18.3 Å². The largest absolute Gasteiger partial charge is 0.399 e. The number of nitrogens with zero attached hydrogens (tertiary/aromatic N) is 1. The zero-order valence-electron chi connectivity index (χ0n) is 12.9. The number of aryl methyl sites for hydroxylation is 1. The highest BCUT2D eigenvalue weighted by Crippen LogP contribution is 2.22. The van der Waals surface area contributed by atoms with Crippen molar-refractivity contribution in [1.82, 2.24) is 4.31 Å². The molecule has 1 aromatic carbocycles. The van der Waals surface area contributed by atoms with E-state index < -0.39 is 10.0 Å². The Kier molecular flexibility index (Phi) is 6.02. The maximum absolute atomic E-state index is 12.7. The van der Waals surface area contributed by atoms with Gasteiger partial charge in [-0.15, -0.1) is 0 Å². The molecule has 0 bridgehead atoms. The molecule has 0 radical (unpaired) electrons. The molecule has 0 aliphatic rings. The third-order valence-corrected chi connectivity index (χ3v) is 5.48. The van der Waals surface area contributed by atoms with Crippen molar-refractivity contribution < 1.29 is 8.42 Å². The molecule has 0 aliphatic carbocycles. The first-order chi connectivity index (χ1) is 9.30. The van der Waals surface area contributed by atoms with Gasteiger partial charge in [-0.1, -0.05) is 19.8 Å². The van der Waals surface area contributed by atoms with E-state index in [4.69, 9.17) is 5.73 Å². The van der Waals surface area contributed by atoms with E-state index in [0.717, 1.165) is 24.8 Å². The lowest BCUT2D eigenvalue weighted by molar-refractivity contribution is 0.345. The minimum Gasteiger partial charge on any atom is -0.399 e. The van der Waals surface area contributed by atoms with Crippen LogP contribution in [0, 0.1) is 6.92 Å². The van der Waals surface area contributed by atoms with Crippen molar-refractivity contribution in [2.45, 2.75) is 57.9 Å². The summed E-state index contributed by atoms with van der Waals surface area (Å²) >= 11 is 0. The normalized spacial score (nSPS) is 12.3. The van der Waals surface area contributed by atoms with Crippen LogP contribution in [0.25, 0.3) is 0 Å². The van der Waals surface area contributed by atoms with E-state index >= 15 is 0 Å². The molecule has 0 heterocycles. The standard InChI is InChI=1S/C15H26N2O2S/c1-5-6-7-10-17(12(2)3)20(18,19)14-8-9-15(16)13(4)11-14/h8-9,11-12H,5-7,10,16H2,1-4H3. The second-order valence-corrected chi connectivity index (χ2v) is 7.33. The van der Waals surface area contributed by atoms with Crippen LogP contribution in [0.1, 0.15) is 45.6 Å². The van der Waals surface area contributed by atoms with Crippen LogP contribution in [0.15, 0.2) is 23.1 Å². The van der Waals surface area contributed by atoms with Crippen molar-refractivity contribution in [2.75, 3.05) is 12.3 Å². The van der Waals surface area contributed by atoms with Crippen LogP contribution in [0.2, 0.25) is 0 Å². The molecular formula is C15H26N2O2S. The molecule has 0 spiro atoms. The van der Waals surface area contributed by atoms with E-state index in [1.54, 1.807) is 22.5 Å². The fourth-order valence-corrected chi connectivity index (χ4v) is 3.88. The van der Waals surface area contributed by atoms with Crippen LogP contribution in [0.4, 0.5) is 5.69 Å². The first kappa shape index (κ1) is 17.0. The number of rotatable bonds is 7. The number of sulfonamides is 1. The van der Waals surface area contributed by atoms with E-state index in [0.29, 0.717) is 17.1 Å². The van der Waals surface area contributed by atoms with E-state index in [1.807, 2.05) is 20.8 Å². The Hall–Kier alpha value is -1.07. The number of nitrogens with two attached hydrogens (primary N) is 1. The molecule has 1 rings (SSSR count). The fraction of sp³-hybridized carbons (Fsp3) is 0.600. The molecule has 0 amide bonds. The third-order valence-electron chi connectivity index (χ3n) is 3.41. The van der Waals surface area contributed by atoms with Crippen LogP contribution >= 0.6 is 0 Å². The quantitative estimate of drug-likeness (QED) is 0.621. The van der Waals surface area contributed by atoms with E-state index in [2.05, 4.69) is 6.92 Å². The average molecular weight is 298 g/mol. The van der Waals surface area contributed by atoms with Crippen LogP contribution in [0.5, 0.6) is 0 Å². The fourth-order valence-electron chi connectivity index (χ4n) is 2.12. The van der Waals surface area contributed by atoms with Gasteiger partial charge in [-0.3, -0.25) is 0 Å². The molecule has 0 aromatic heterocycles. The van der Waals surface area contributed by atoms with Crippen molar-refractivity contribution in [3.05, 3.63) is 23.8 Å². The first-order valence-corrected chi connectivity index (χ1v) is 8.62. The summed E-state index contributed by atoms with van der Waals surface area (Å²) in [5.74, 6) is 0. The van der Waals surface area contributed by atoms with E-state index in [1.165, 1.54) is 0 Å². The zero-order chi connectivity index (χ0) is 15.3. The summed E-state index contributed by atoms with van der Waals surface area (Å²) in [6, 6.07) is 4.86. The first-order valence-electron chi connectivity index (χ1n) is 7.18. The Balaban J connectivity index is 3.06. The summed E-state index contributed by atoms with van der Waals surface area (Å²) in [6.07, 6.45) is 3.01. The Morgan fingerprint density at radius 3 is 2.40 bits per heavy atom. The molecule has 0 atom stereocenters. The van der Waals surface area contributed by atoms with Crippen LogP contribution in [0.3, 0.4) is 0 Å². The molecular weight excluding hydrogens is 272 g/mol. The summed E-state index contributed by atoms with van der Waals surface area (Å²) in [7, 11) is -3.44. The Morgan fingerprint density at radius 1 is 1.25 bits per heavy atom. The second kappa shape index (κ2) is 7.09. The summed E-state index contributed by atoms with van der Waals surface area (Å²) in [6.45, 7) is 8.32. The lowest BCUT2D eigenvalue weighted by atomic mass is 10.2. The highest BCUT2D eigenvalue weighted by molar-refractivity contribution is 7.89. The van der Waals surface area contributed by atoms with Crippen molar-refractivity contribution in [1.29, 1.82) is 0 Å². The van der Waals surface area contributed by atoms with Crippen molar-refractivity contribution in [2.24, 2.45) is 0 Å². The van der Waals surface area contributed by atoms with E-state index in [-0.39, 0.29) is 6.04 Å². The minimum atomic E-state index is -3.44. The predicted molar refractivity (Wildman–Crippen MR) is 84.1 cm³/mol. The molecule has 114 valence electrons. The molecule has 0 aliphatic heterocycles. The van der Waals surface area contributed by atoms with Gasteiger partial charge in [0.15, 0.2) is 0 Å². The molecule has 0 fully saturated rings. The van der Waals surface area contributed by atoms with Gasteiger partial charge in [0.05, 0.1) is 4.90 Å². The smallest absolute Gasteiger partial charge is 0.243 e. The highest BCUT2D eigenvalue weighted by atomic mass is 32.2. The van der Waals surface area contributed by atoms with Gasteiger partial charge in [-0.25, -0.2) is 8.42 Å². The third kappa shape index (κ3) is 3.96. The maximum Gasteiger partial charge on any atom is 0.243 e. The minimum absolute atomic E-state index is 0.0466. The predicted octanol–water partition coefficient (Wildman–Crippen LogP) is 3.17. The summed E-state index contributed by atoms with van der Waals surface area (Å²) in [5.41, 5.74) is 7.17. The molecule has 4 nitrogen and oxygen atoms in total. The maximum atomic E-state index is 12.7. The summed E-state index contributed by atoms with van der Waals surface area (Å²) < 4.78 is 27.0. The van der Waals surface area contributed by atoms with Gasteiger partial charge in [0.2, 0.25) is 10.0 Å². The van der Waals surface area contributed by atoms with Crippen molar-refractivity contribution in [3.63, 3.8) is 0 Å². The monoisotopic (exact) mass is 298 g/mol. The Labute approximate surface area is 123 Å². The Bertz CT molecular complexity index is 539. The number of nitrogen functional groups attached to an aromatic ring is 1. The molecule has 20 heavy (non-hydrogen) atoms. The van der Waals surface area contributed by atoms with E-state index in [9.17, 15) is 8.42 Å². The van der Waals surface area contributed by atoms with Gasteiger partial charge in [-0.05, 0) is 51.0 Å². The van der Waals surface area contributed by atoms with Gasteiger partial charge in [0.1, 0.15) is 0 Å². The lowest BCUT2D eigenvalue weighted by Gasteiger charge is -2.26. The Morgan fingerprint density at radius 2 is 1.90 bits per heavy atom. The number of benzene rings is 1. The SMILES string of the molecule is CCCCCN(C(C)C)S(=O)(=O)c1ccc(N)c(C)c1. The van der Waals surface area contributed by atoms with Gasteiger partial charge in [-0.2, -0.15) is 4.31 Å². The molecule has 0 unspecified atom stereocenters. The van der Waals surface area contributed by atoms with Crippen molar-refractivity contribution in [3.8, 4) is 0 Å². The lowest BCUT2D eigenvalue weighted by Crippen LogP contribution is -2.37. The van der Waals surface area contributed by atoms with Gasteiger partial charge >= 0.3 is 0 Å². The molecule has 0 saturated heterocycles. The second-order valence-electron chi connectivity index (χ2n) is 5.44. The van der Waals surface area contributed by atoms with Crippen LogP contribution in [-0.2, 0) is 10.0 Å². The van der Waals surface area contributed by atoms with Gasteiger partial charge in [0.25, 0.3) is 0 Å². The molecule has 0 saturated carbocycles. The number of hydrogen-bond acceptors (Lipinski definition) is 3. The topological polar surface area (TPSA) is 63.4 Å². The van der Waals surface area contributed by atoms with Gasteiger partial charge < -0.3 is 5.73 Å². The van der Waals surface area contributed by atoms with Crippen LogP contribution < -0.4 is 5.73 Å². The molecule has 1 aromatic rings. The number of anilines is 1. The molecule has 5 heteroatoms. The number of hydrogen-bond donors (Lipinski definition) is 1. The molecule has 2 N–H and O–H groups in total. The van der Waals surface area contributed by atoms with Crippen molar-refractivity contribution >= 4 is 15.7 Å².